The monoisotopic (exact) mass is 295 g/mol. The van der Waals surface area contributed by atoms with Gasteiger partial charge in [0.2, 0.25) is 0 Å². The summed E-state index contributed by atoms with van der Waals surface area (Å²) in [6.45, 7) is 3.72. The number of sulfone groups is 1. The standard InChI is InChI=1S/C15H21NO3S/c1-2-16-12-7-9-19-15(11-12)8-10-20(17,18)14-6-4-3-5-13(14)15/h3-6,12,16H,2,7-11H2,1H3. The zero-order valence-corrected chi connectivity index (χ0v) is 12.6. The number of ether oxygens (including phenoxy) is 1. The van der Waals surface area contributed by atoms with E-state index < -0.39 is 15.4 Å². The first-order chi connectivity index (χ1) is 9.57. The summed E-state index contributed by atoms with van der Waals surface area (Å²) in [6.07, 6.45) is 2.41. The molecule has 2 unspecified atom stereocenters. The third-order valence-corrected chi connectivity index (χ3v) is 6.17. The minimum Gasteiger partial charge on any atom is -0.370 e. The van der Waals surface area contributed by atoms with Crippen molar-refractivity contribution in [3.63, 3.8) is 0 Å². The van der Waals surface area contributed by atoms with Crippen LogP contribution in [0.25, 0.3) is 0 Å². The van der Waals surface area contributed by atoms with Crippen molar-refractivity contribution in [2.75, 3.05) is 18.9 Å². The molecule has 1 saturated heterocycles. The molecule has 0 aliphatic carbocycles. The van der Waals surface area contributed by atoms with E-state index in [1.807, 2.05) is 12.1 Å². The van der Waals surface area contributed by atoms with Crippen LogP contribution in [0.3, 0.4) is 0 Å². The second-order valence-corrected chi connectivity index (χ2v) is 7.73. The van der Waals surface area contributed by atoms with Crippen LogP contribution in [-0.4, -0.2) is 33.4 Å². The van der Waals surface area contributed by atoms with Crippen LogP contribution in [0, 0.1) is 0 Å². The fourth-order valence-electron chi connectivity index (χ4n) is 3.44. The minimum atomic E-state index is -3.15. The van der Waals surface area contributed by atoms with E-state index in [0.717, 1.165) is 24.9 Å². The number of fused-ring (bicyclic) bond motifs is 2. The lowest BCUT2D eigenvalue weighted by atomic mass is 9.81. The average Bonchev–Trinajstić information content (AvgIpc) is 2.45. The maximum Gasteiger partial charge on any atom is 0.178 e. The Labute approximate surface area is 120 Å². The number of hydrogen-bond acceptors (Lipinski definition) is 4. The van der Waals surface area contributed by atoms with E-state index in [9.17, 15) is 8.42 Å². The normalized spacial score (nSPS) is 31.9. The Bertz CT molecular complexity index is 597. The molecule has 0 aromatic heterocycles. The van der Waals surface area contributed by atoms with Gasteiger partial charge in [-0.3, -0.25) is 0 Å². The van der Waals surface area contributed by atoms with Gasteiger partial charge in [-0.05, 0) is 31.9 Å². The topological polar surface area (TPSA) is 55.4 Å². The van der Waals surface area contributed by atoms with Crippen LogP contribution in [0.2, 0.25) is 0 Å². The van der Waals surface area contributed by atoms with E-state index in [2.05, 4.69) is 12.2 Å². The maximum atomic E-state index is 12.2. The van der Waals surface area contributed by atoms with Gasteiger partial charge in [-0.25, -0.2) is 8.42 Å². The summed E-state index contributed by atoms with van der Waals surface area (Å²) >= 11 is 0. The van der Waals surface area contributed by atoms with Gasteiger partial charge in [0.25, 0.3) is 0 Å². The highest BCUT2D eigenvalue weighted by Gasteiger charge is 2.45. The minimum absolute atomic E-state index is 0.183. The number of benzene rings is 1. The molecule has 2 heterocycles. The predicted molar refractivity (Wildman–Crippen MR) is 77.4 cm³/mol. The fourth-order valence-corrected chi connectivity index (χ4v) is 5.13. The summed E-state index contributed by atoms with van der Waals surface area (Å²) in [5.41, 5.74) is 0.432. The highest BCUT2D eigenvalue weighted by atomic mass is 32.2. The molecule has 0 saturated carbocycles. The van der Waals surface area contributed by atoms with Crippen LogP contribution in [0.5, 0.6) is 0 Å². The molecule has 1 aromatic carbocycles. The van der Waals surface area contributed by atoms with Crippen LogP contribution in [0.1, 0.15) is 31.7 Å². The van der Waals surface area contributed by atoms with E-state index in [1.54, 1.807) is 12.1 Å². The Balaban J connectivity index is 2.02. The van der Waals surface area contributed by atoms with Gasteiger partial charge >= 0.3 is 0 Å². The van der Waals surface area contributed by atoms with Gasteiger partial charge in [0.15, 0.2) is 9.84 Å². The van der Waals surface area contributed by atoms with Crippen molar-refractivity contribution >= 4 is 9.84 Å². The Kier molecular flexibility index (Phi) is 3.60. The van der Waals surface area contributed by atoms with Crippen LogP contribution in [0.15, 0.2) is 29.2 Å². The van der Waals surface area contributed by atoms with Crippen LogP contribution < -0.4 is 5.32 Å². The highest BCUT2D eigenvalue weighted by molar-refractivity contribution is 7.91. The Morgan fingerprint density at radius 2 is 2.20 bits per heavy atom. The summed E-state index contributed by atoms with van der Waals surface area (Å²) in [5.74, 6) is 0.183. The van der Waals surface area contributed by atoms with E-state index >= 15 is 0 Å². The first-order valence-corrected chi connectivity index (χ1v) is 8.92. The lowest BCUT2D eigenvalue weighted by Gasteiger charge is -2.44. The van der Waals surface area contributed by atoms with Gasteiger partial charge in [0, 0.05) is 18.2 Å². The molecule has 3 rings (SSSR count). The summed E-state index contributed by atoms with van der Waals surface area (Å²) in [7, 11) is -3.15. The molecule has 1 aromatic rings. The molecule has 1 spiro atoms. The van der Waals surface area contributed by atoms with Crippen molar-refractivity contribution in [2.45, 2.75) is 42.7 Å². The van der Waals surface area contributed by atoms with Gasteiger partial charge in [-0.15, -0.1) is 0 Å². The SMILES string of the molecule is CCNC1CCOC2(CCS(=O)(=O)c3ccccc32)C1. The van der Waals surface area contributed by atoms with Gasteiger partial charge in [-0.1, -0.05) is 25.1 Å². The van der Waals surface area contributed by atoms with Crippen LogP contribution >= 0.6 is 0 Å². The molecule has 0 amide bonds. The van der Waals surface area contributed by atoms with Gasteiger partial charge in [0.05, 0.1) is 16.2 Å². The number of hydrogen-bond donors (Lipinski definition) is 1. The predicted octanol–water partition coefficient (Wildman–Crippen LogP) is 1.85. The highest BCUT2D eigenvalue weighted by Crippen LogP contribution is 2.45. The van der Waals surface area contributed by atoms with E-state index in [4.69, 9.17) is 4.74 Å². The van der Waals surface area contributed by atoms with Crippen LogP contribution in [-0.2, 0) is 20.2 Å². The second-order valence-electron chi connectivity index (χ2n) is 5.66. The Hall–Kier alpha value is -0.910. The largest absolute Gasteiger partial charge is 0.370 e. The lowest BCUT2D eigenvalue weighted by Crippen LogP contribution is -2.48. The molecule has 2 atom stereocenters. The first kappa shape index (κ1) is 14.0. The Morgan fingerprint density at radius 1 is 1.40 bits per heavy atom. The summed E-state index contributed by atoms with van der Waals surface area (Å²) < 4.78 is 30.6. The van der Waals surface area contributed by atoms with Crippen molar-refractivity contribution in [1.82, 2.24) is 5.32 Å². The first-order valence-electron chi connectivity index (χ1n) is 7.27. The summed E-state index contributed by atoms with van der Waals surface area (Å²) in [5, 5.41) is 3.48. The van der Waals surface area contributed by atoms with Crippen molar-refractivity contribution in [3.05, 3.63) is 29.8 Å². The number of nitrogens with one attached hydrogen (secondary N) is 1. The number of rotatable bonds is 2. The molecule has 5 heteroatoms. The molecule has 1 N–H and O–H groups in total. The summed E-state index contributed by atoms with van der Waals surface area (Å²) in [6, 6.07) is 7.73. The molecule has 0 bridgehead atoms. The van der Waals surface area contributed by atoms with E-state index in [1.165, 1.54) is 0 Å². The molecular weight excluding hydrogens is 274 g/mol. The lowest BCUT2D eigenvalue weighted by molar-refractivity contribution is -0.0992. The smallest absolute Gasteiger partial charge is 0.178 e. The quantitative estimate of drug-likeness (QED) is 0.904. The Morgan fingerprint density at radius 3 is 3.00 bits per heavy atom. The maximum absolute atomic E-state index is 12.2. The van der Waals surface area contributed by atoms with Gasteiger partial charge in [0.1, 0.15) is 0 Å². The van der Waals surface area contributed by atoms with Crippen molar-refractivity contribution in [1.29, 1.82) is 0 Å². The van der Waals surface area contributed by atoms with E-state index in [-0.39, 0.29) is 5.75 Å². The molecule has 2 aliphatic rings. The zero-order chi connectivity index (χ0) is 14.2. The van der Waals surface area contributed by atoms with Crippen molar-refractivity contribution in [3.8, 4) is 0 Å². The third-order valence-electron chi connectivity index (χ3n) is 4.40. The molecule has 110 valence electrons. The van der Waals surface area contributed by atoms with Crippen LogP contribution in [0.4, 0.5) is 0 Å². The van der Waals surface area contributed by atoms with Crippen molar-refractivity contribution < 1.29 is 13.2 Å². The third kappa shape index (κ3) is 2.28. The molecule has 20 heavy (non-hydrogen) atoms. The average molecular weight is 295 g/mol. The second kappa shape index (κ2) is 5.13. The molecule has 1 fully saturated rings. The van der Waals surface area contributed by atoms with Gasteiger partial charge in [-0.2, -0.15) is 0 Å². The van der Waals surface area contributed by atoms with Crippen molar-refractivity contribution in [2.24, 2.45) is 0 Å². The molecular formula is C15H21NO3S. The fraction of sp³-hybridized carbons (Fsp3) is 0.600. The summed E-state index contributed by atoms with van der Waals surface area (Å²) in [4.78, 5) is 0.461. The molecule has 0 radical (unpaired) electrons. The molecule has 2 aliphatic heterocycles. The van der Waals surface area contributed by atoms with E-state index in [0.29, 0.717) is 24.0 Å². The molecule has 4 nitrogen and oxygen atoms in total. The zero-order valence-electron chi connectivity index (χ0n) is 11.8. The van der Waals surface area contributed by atoms with Gasteiger partial charge < -0.3 is 10.1 Å².